The van der Waals surface area contributed by atoms with Gasteiger partial charge in [-0.2, -0.15) is 5.10 Å². The maximum atomic E-state index is 13.2. The van der Waals surface area contributed by atoms with Crippen LogP contribution in [0, 0.1) is 5.92 Å². The van der Waals surface area contributed by atoms with Gasteiger partial charge in [-0.3, -0.25) is 4.79 Å². The summed E-state index contributed by atoms with van der Waals surface area (Å²) in [5.41, 5.74) is 1.80. The highest BCUT2D eigenvalue weighted by Gasteiger charge is 2.37. The normalized spacial score (nSPS) is 21.8. The molecule has 1 aromatic carbocycles. The fraction of sp³-hybridized carbons (Fsp3) is 0.464. The third-order valence-electron chi connectivity index (χ3n) is 7.55. The topological polar surface area (TPSA) is 101 Å². The first-order valence-electron chi connectivity index (χ1n) is 12.8. The number of carbonyl (C=O) groups is 1. The van der Waals surface area contributed by atoms with Crippen LogP contribution in [-0.2, 0) is 17.8 Å². The smallest absolute Gasteiger partial charge is 0.225 e. The summed E-state index contributed by atoms with van der Waals surface area (Å²) in [5, 5.41) is 25.1. The van der Waals surface area contributed by atoms with E-state index >= 15 is 0 Å². The van der Waals surface area contributed by atoms with E-state index in [1.165, 1.54) is 0 Å². The Labute approximate surface area is 211 Å². The molecule has 2 N–H and O–H groups in total. The lowest BCUT2D eigenvalue weighted by Crippen LogP contribution is -2.50. The molecule has 1 amide bonds. The summed E-state index contributed by atoms with van der Waals surface area (Å²) in [5.74, 6) is 0.886. The number of carbonyl (C=O) groups excluding carboxylic acids is 1. The molecule has 8 nitrogen and oxygen atoms in total. The van der Waals surface area contributed by atoms with E-state index in [0.717, 1.165) is 42.6 Å². The van der Waals surface area contributed by atoms with Crippen LogP contribution < -0.4 is 4.74 Å². The van der Waals surface area contributed by atoms with Gasteiger partial charge in [0.2, 0.25) is 11.8 Å². The molecule has 1 aliphatic heterocycles. The van der Waals surface area contributed by atoms with E-state index in [4.69, 9.17) is 4.74 Å². The third kappa shape index (κ3) is 5.60. The molecule has 3 aromatic rings. The summed E-state index contributed by atoms with van der Waals surface area (Å²) in [6.07, 6.45) is 8.51. The van der Waals surface area contributed by atoms with Gasteiger partial charge in [-0.15, -0.1) is 0 Å². The van der Waals surface area contributed by atoms with E-state index in [1.807, 2.05) is 58.1 Å². The predicted molar refractivity (Wildman–Crippen MR) is 135 cm³/mol. The Morgan fingerprint density at radius 2 is 1.75 bits per heavy atom. The van der Waals surface area contributed by atoms with Gasteiger partial charge in [-0.05, 0) is 68.4 Å². The van der Waals surface area contributed by atoms with Crippen LogP contribution in [0.3, 0.4) is 0 Å². The molecule has 0 unspecified atom stereocenters. The first-order chi connectivity index (χ1) is 17.5. The van der Waals surface area contributed by atoms with E-state index in [9.17, 15) is 15.0 Å². The van der Waals surface area contributed by atoms with Gasteiger partial charge in [0.25, 0.3) is 0 Å². The summed E-state index contributed by atoms with van der Waals surface area (Å²) in [6.45, 7) is 1.14. The van der Waals surface area contributed by atoms with Crippen LogP contribution in [0.25, 0.3) is 5.69 Å². The Kier molecular flexibility index (Phi) is 7.34. The van der Waals surface area contributed by atoms with Crippen LogP contribution in [0.15, 0.2) is 60.9 Å². The minimum absolute atomic E-state index is 0.00159. The van der Waals surface area contributed by atoms with Crippen molar-refractivity contribution in [1.82, 2.24) is 19.7 Å². The molecule has 5 rings (SSSR count). The number of hydrogen-bond acceptors (Lipinski definition) is 6. The lowest BCUT2D eigenvalue weighted by molar-refractivity contribution is -0.141. The van der Waals surface area contributed by atoms with Crippen LogP contribution in [-0.4, -0.2) is 60.6 Å². The average molecular weight is 491 g/mol. The molecule has 0 bridgehead atoms. The molecule has 2 aromatic heterocycles. The predicted octanol–water partition coefficient (Wildman–Crippen LogP) is 3.29. The maximum Gasteiger partial charge on any atom is 0.225 e. The quantitative estimate of drug-likeness (QED) is 0.527. The number of benzene rings is 1. The number of amides is 1. The van der Waals surface area contributed by atoms with Crippen molar-refractivity contribution in [2.75, 3.05) is 13.1 Å². The number of hydrogen-bond donors (Lipinski definition) is 2. The Morgan fingerprint density at radius 1 is 1.00 bits per heavy atom. The summed E-state index contributed by atoms with van der Waals surface area (Å²) >= 11 is 0. The fourth-order valence-electron chi connectivity index (χ4n) is 5.37. The summed E-state index contributed by atoms with van der Waals surface area (Å²) in [7, 11) is 0. The van der Waals surface area contributed by atoms with Gasteiger partial charge in [0.05, 0.1) is 17.9 Å². The highest BCUT2D eigenvalue weighted by atomic mass is 16.5. The number of aromatic nitrogens is 3. The fourth-order valence-corrected chi connectivity index (χ4v) is 5.37. The highest BCUT2D eigenvalue weighted by Crippen LogP contribution is 2.32. The molecule has 0 radical (unpaired) electrons. The van der Waals surface area contributed by atoms with Gasteiger partial charge in [-0.1, -0.05) is 18.2 Å². The summed E-state index contributed by atoms with van der Waals surface area (Å²) in [6, 6.07) is 15.2. The molecule has 2 aliphatic rings. The van der Waals surface area contributed by atoms with Crippen molar-refractivity contribution >= 4 is 5.91 Å². The largest absolute Gasteiger partial charge is 0.474 e. The zero-order chi connectivity index (χ0) is 25.0. The van der Waals surface area contributed by atoms with Crippen LogP contribution >= 0.6 is 0 Å². The lowest BCUT2D eigenvalue weighted by Gasteiger charge is -2.40. The van der Waals surface area contributed by atoms with Crippen LogP contribution in [0.2, 0.25) is 0 Å². The molecule has 1 aliphatic carbocycles. The number of ether oxygens (including phenoxy) is 1. The van der Waals surface area contributed by atoms with Crippen molar-refractivity contribution < 1.29 is 19.7 Å². The van der Waals surface area contributed by atoms with Gasteiger partial charge < -0.3 is 19.8 Å². The van der Waals surface area contributed by atoms with Gasteiger partial charge in [0.1, 0.15) is 6.10 Å². The molecular weight excluding hydrogens is 456 g/mol. The number of nitrogens with zero attached hydrogens (tertiary/aromatic N) is 4. The monoisotopic (exact) mass is 490 g/mol. The molecular formula is C28H34N4O4. The molecule has 3 heterocycles. The number of likely N-dealkylation sites (tertiary alicyclic amines) is 1. The maximum absolute atomic E-state index is 13.2. The lowest BCUT2D eigenvalue weighted by atomic mass is 9.83. The Morgan fingerprint density at radius 3 is 2.42 bits per heavy atom. The Hall–Kier alpha value is -3.23. The van der Waals surface area contributed by atoms with Crippen molar-refractivity contribution in [3.63, 3.8) is 0 Å². The van der Waals surface area contributed by atoms with Crippen molar-refractivity contribution in [2.45, 2.75) is 63.3 Å². The first kappa shape index (κ1) is 24.5. The molecule has 190 valence electrons. The number of pyridine rings is 1. The van der Waals surface area contributed by atoms with E-state index in [-0.39, 0.29) is 24.5 Å². The molecule has 1 saturated heterocycles. The minimum Gasteiger partial charge on any atom is -0.474 e. The summed E-state index contributed by atoms with van der Waals surface area (Å²) < 4.78 is 7.81. The molecule has 0 spiro atoms. The average Bonchev–Trinajstić information content (AvgIpc) is 3.37. The number of aliphatic hydroxyl groups excluding tert-OH is 1. The number of piperidine rings is 1. The second kappa shape index (κ2) is 10.8. The van der Waals surface area contributed by atoms with E-state index < -0.39 is 5.60 Å². The van der Waals surface area contributed by atoms with Gasteiger partial charge in [0.15, 0.2) is 0 Å². The highest BCUT2D eigenvalue weighted by molar-refractivity contribution is 5.79. The van der Waals surface area contributed by atoms with Gasteiger partial charge in [-0.25, -0.2) is 9.67 Å². The van der Waals surface area contributed by atoms with Crippen LogP contribution in [0.1, 0.15) is 49.8 Å². The van der Waals surface area contributed by atoms with Crippen molar-refractivity contribution in [3.05, 3.63) is 72.2 Å². The van der Waals surface area contributed by atoms with E-state index in [0.29, 0.717) is 38.2 Å². The summed E-state index contributed by atoms with van der Waals surface area (Å²) in [4.78, 5) is 19.4. The van der Waals surface area contributed by atoms with Crippen LogP contribution in [0.5, 0.6) is 5.88 Å². The van der Waals surface area contributed by atoms with E-state index in [2.05, 4.69) is 10.1 Å². The van der Waals surface area contributed by atoms with Gasteiger partial charge in [0, 0.05) is 49.6 Å². The zero-order valence-electron chi connectivity index (χ0n) is 20.5. The zero-order valence-corrected chi connectivity index (χ0v) is 20.5. The first-order valence-corrected chi connectivity index (χ1v) is 12.8. The third-order valence-corrected chi connectivity index (χ3v) is 7.55. The molecule has 1 saturated carbocycles. The van der Waals surface area contributed by atoms with E-state index in [1.54, 1.807) is 12.4 Å². The second-order valence-electron chi connectivity index (χ2n) is 10.0. The second-order valence-corrected chi connectivity index (χ2v) is 10.0. The molecule has 8 heteroatoms. The number of rotatable bonds is 7. The molecule has 36 heavy (non-hydrogen) atoms. The van der Waals surface area contributed by atoms with Crippen molar-refractivity contribution in [2.24, 2.45) is 5.92 Å². The van der Waals surface area contributed by atoms with Gasteiger partial charge >= 0.3 is 0 Å². The Balaban J connectivity index is 1.13. The Bertz CT molecular complexity index is 1130. The van der Waals surface area contributed by atoms with Crippen molar-refractivity contribution in [1.29, 1.82) is 0 Å². The standard InChI is InChI=1S/C28H34N4O4/c33-20-21-4-8-23(9-5-21)32-24(12-16-30-32)19-28(35)13-17-31(18-14-28)27(34)22-6-10-25(11-7-22)36-26-3-1-2-15-29-26/h1-5,8-9,12,15-16,22,25,33,35H,6-7,10-11,13-14,17-20H2. The SMILES string of the molecule is O=C(C1CCC(Oc2ccccn2)CC1)N1CCC(O)(Cc2ccnn2-c2ccc(CO)cc2)CC1. The number of aliphatic hydroxyl groups is 2. The van der Waals surface area contributed by atoms with Crippen LogP contribution in [0.4, 0.5) is 0 Å². The van der Waals surface area contributed by atoms with Crippen molar-refractivity contribution in [3.8, 4) is 11.6 Å². The minimum atomic E-state index is -0.867. The molecule has 2 fully saturated rings. The molecule has 0 atom stereocenters.